The summed E-state index contributed by atoms with van der Waals surface area (Å²) in [4.78, 5) is 11.1. The third-order valence-electron chi connectivity index (χ3n) is 2.47. The van der Waals surface area contributed by atoms with Crippen LogP contribution in [0.15, 0.2) is 5.16 Å². The lowest BCUT2D eigenvalue weighted by atomic mass is 10.1. The van der Waals surface area contributed by atoms with Gasteiger partial charge >= 0.3 is 12.1 Å². The van der Waals surface area contributed by atoms with Gasteiger partial charge in [-0.2, -0.15) is 13.2 Å². The van der Waals surface area contributed by atoms with Crippen molar-refractivity contribution >= 4 is 17.7 Å². The number of esters is 1. The summed E-state index contributed by atoms with van der Waals surface area (Å²) in [5.74, 6) is -1.21. The van der Waals surface area contributed by atoms with Gasteiger partial charge in [0.05, 0.1) is 13.0 Å². The van der Waals surface area contributed by atoms with Crippen molar-refractivity contribution < 1.29 is 22.7 Å². The molecule has 0 spiro atoms. The van der Waals surface area contributed by atoms with Gasteiger partial charge in [0.15, 0.2) is 5.16 Å². The van der Waals surface area contributed by atoms with Crippen molar-refractivity contribution in [3.63, 3.8) is 0 Å². The minimum atomic E-state index is -4.51. The largest absolute Gasteiger partial charge is 0.469 e. The van der Waals surface area contributed by atoms with Crippen molar-refractivity contribution in [2.24, 2.45) is 13.0 Å². The number of aromatic nitrogens is 3. The predicted molar refractivity (Wildman–Crippen MR) is 62.5 cm³/mol. The van der Waals surface area contributed by atoms with Crippen LogP contribution in [-0.2, 0) is 22.8 Å². The summed E-state index contributed by atoms with van der Waals surface area (Å²) in [6.45, 7) is 1.70. The SMILES string of the molecule is COC(=O)C(C)CCSc1nnc(C(F)(F)F)n1C. The van der Waals surface area contributed by atoms with Crippen molar-refractivity contribution in [3.8, 4) is 0 Å². The Morgan fingerprint density at radius 2 is 2.11 bits per heavy atom. The second kappa shape index (κ2) is 6.27. The van der Waals surface area contributed by atoms with E-state index in [0.717, 1.165) is 16.3 Å². The van der Waals surface area contributed by atoms with Crippen LogP contribution in [0.2, 0.25) is 0 Å². The molecular weight excluding hydrogens is 283 g/mol. The molecule has 9 heteroatoms. The molecule has 0 aliphatic heterocycles. The summed E-state index contributed by atoms with van der Waals surface area (Å²) < 4.78 is 42.9. The number of ether oxygens (including phenoxy) is 1. The Balaban J connectivity index is 2.56. The molecule has 0 N–H and O–H groups in total. The zero-order valence-electron chi connectivity index (χ0n) is 10.7. The van der Waals surface area contributed by atoms with E-state index in [1.165, 1.54) is 14.2 Å². The lowest BCUT2D eigenvalue weighted by Gasteiger charge is -2.08. The van der Waals surface area contributed by atoms with E-state index in [1.54, 1.807) is 6.92 Å². The van der Waals surface area contributed by atoms with Crippen LogP contribution >= 0.6 is 11.8 Å². The minimum absolute atomic E-state index is 0.171. The van der Waals surface area contributed by atoms with E-state index < -0.39 is 12.0 Å². The van der Waals surface area contributed by atoms with Crippen molar-refractivity contribution in [1.82, 2.24) is 14.8 Å². The number of nitrogens with zero attached hydrogens (tertiary/aromatic N) is 3. The monoisotopic (exact) mass is 297 g/mol. The average Bonchev–Trinajstić information content (AvgIpc) is 2.69. The number of hydrogen-bond acceptors (Lipinski definition) is 5. The average molecular weight is 297 g/mol. The zero-order valence-corrected chi connectivity index (χ0v) is 11.5. The highest BCUT2D eigenvalue weighted by atomic mass is 32.2. The third kappa shape index (κ3) is 4.12. The highest BCUT2D eigenvalue weighted by Crippen LogP contribution is 2.29. The molecule has 0 aliphatic rings. The van der Waals surface area contributed by atoms with Gasteiger partial charge in [-0.05, 0) is 6.42 Å². The molecule has 0 radical (unpaired) electrons. The number of alkyl halides is 3. The van der Waals surface area contributed by atoms with E-state index in [4.69, 9.17) is 0 Å². The number of carbonyl (C=O) groups excluding carboxylic acids is 1. The summed E-state index contributed by atoms with van der Waals surface area (Å²) in [5, 5.41) is 6.77. The molecule has 0 fully saturated rings. The van der Waals surface area contributed by atoms with Gasteiger partial charge < -0.3 is 9.30 Å². The second-order valence-electron chi connectivity index (χ2n) is 3.92. The molecule has 1 unspecified atom stereocenters. The lowest BCUT2D eigenvalue weighted by molar-refractivity contribution is -0.147. The Bertz CT molecular complexity index is 448. The van der Waals surface area contributed by atoms with Crippen LogP contribution < -0.4 is 0 Å². The third-order valence-corrected chi connectivity index (χ3v) is 3.53. The molecule has 0 saturated carbocycles. The van der Waals surface area contributed by atoms with E-state index in [1.807, 2.05) is 0 Å². The maximum atomic E-state index is 12.5. The molecule has 1 heterocycles. The van der Waals surface area contributed by atoms with Gasteiger partial charge in [0.25, 0.3) is 0 Å². The first kappa shape index (κ1) is 15.8. The molecular formula is C10H14F3N3O2S. The molecule has 0 aromatic carbocycles. The van der Waals surface area contributed by atoms with Crippen LogP contribution in [0.25, 0.3) is 0 Å². The second-order valence-corrected chi connectivity index (χ2v) is 4.99. The van der Waals surface area contributed by atoms with Crippen molar-refractivity contribution in [3.05, 3.63) is 5.82 Å². The molecule has 1 atom stereocenters. The first-order valence-corrected chi connectivity index (χ1v) is 6.43. The Labute approximate surface area is 112 Å². The fraction of sp³-hybridized carbons (Fsp3) is 0.700. The van der Waals surface area contributed by atoms with Gasteiger partial charge in [-0.15, -0.1) is 10.2 Å². The molecule has 0 saturated heterocycles. The Morgan fingerprint density at radius 3 is 2.58 bits per heavy atom. The summed E-state index contributed by atoms with van der Waals surface area (Å²) in [6, 6.07) is 0. The normalized spacial score (nSPS) is 13.4. The molecule has 0 aliphatic carbocycles. The topological polar surface area (TPSA) is 57.0 Å². The van der Waals surface area contributed by atoms with Crippen LogP contribution in [0.5, 0.6) is 0 Å². The van der Waals surface area contributed by atoms with Gasteiger partial charge in [0.1, 0.15) is 0 Å². The van der Waals surface area contributed by atoms with Gasteiger partial charge in [-0.1, -0.05) is 18.7 Å². The highest BCUT2D eigenvalue weighted by Gasteiger charge is 2.37. The van der Waals surface area contributed by atoms with Crippen molar-refractivity contribution in [2.45, 2.75) is 24.7 Å². The van der Waals surface area contributed by atoms with Crippen molar-refractivity contribution in [2.75, 3.05) is 12.9 Å². The maximum Gasteiger partial charge on any atom is 0.451 e. The first-order valence-electron chi connectivity index (χ1n) is 5.44. The quantitative estimate of drug-likeness (QED) is 0.615. The van der Waals surface area contributed by atoms with Gasteiger partial charge in [-0.3, -0.25) is 4.79 Å². The van der Waals surface area contributed by atoms with E-state index in [-0.39, 0.29) is 17.0 Å². The smallest absolute Gasteiger partial charge is 0.451 e. The van der Waals surface area contributed by atoms with Gasteiger partial charge in [-0.25, -0.2) is 0 Å². The summed E-state index contributed by atoms with van der Waals surface area (Å²) in [6.07, 6.45) is -4.02. The van der Waals surface area contributed by atoms with Crippen molar-refractivity contribution in [1.29, 1.82) is 0 Å². The Morgan fingerprint density at radius 1 is 1.47 bits per heavy atom. The van der Waals surface area contributed by atoms with Crippen LogP contribution in [0.4, 0.5) is 13.2 Å². The number of halogens is 3. The van der Waals surface area contributed by atoms with E-state index >= 15 is 0 Å². The molecule has 0 bridgehead atoms. The molecule has 5 nitrogen and oxygen atoms in total. The van der Waals surface area contributed by atoms with Crippen LogP contribution in [-0.4, -0.2) is 33.6 Å². The molecule has 1 rings (SSSR count). The molecule has 19 heavy (non-hydrogen) atoms. The van der Waals surface area contributed by atoms with Crippen LogP contribution in [0, 0.1) is 5.92 Å². The molecule has 1 aromatic rings. The fourth-order valence-electron chi connectivity index (χ4n) is 1.33. The van der Waals surface area contributed by atoms with Crippen LogP contribution in [0.3, 0.4) is 0 Å². The Hall–Kier alpha value is -1.25. The number of hydrogen-bond donors (Lipinski definition) is 0. The minimum Gasteiger partial charge on any atom is -0.469 e. The number of carbonyl (C=O) groups is 1. The van der Waals surface area contributed by atoms with E-state index in [2.05, 4.69) is 14.9 Å². The highest BCUT2D eigenvalue weighted by molar-refractivity contribution is 7.99. The number of rotatable bonds is 5. The van der Waals surface area contributed by atoms with Gasteiger partial charge in [0.2, 0.25) is 5.82 Å². The number of methoxy groups -OCH3 is 1. The summed E-state index contributed by atoms with van der Waals surface area (Å²) in [5.41, 5.74) is 0. The first-order chi connectivity index (χ1) is 8.77. The summed E-state index contributed by atoms with van der Waals surface area (Å²) >= 11 is 1.12. The molecule has 108 valence electrons. The molecule has 1 aromatic heterocycles. The molecule has 0 amide bonds. The fourth-order valence-corrected chi connectivity index (χ4v) is 2.37. The van der Waals surface area contributed by atoms with Gasteiger partial charge in [0, 0.05) is 12.8 Å². The summed E-state index contributed by atoms with van der Waals surface area (Å²) in [7, 11) is 2.55. The predicted octanol–water partition coefficient (Wildman–Crippen LogP) is 2.13. The van der Waals surface area contributed by atoms with E-state index in [0.29, 0.717) is 12.2 Å². The number of thioether (sulfide) groups is 1. The van der Waals surface area contributed by atoms with E-state index in [9.17, 15) is 18.0 Å². The Kier molecular flexibility index (Phi) is 5.21. The maximum absolute atomic E-state index is 12.5. The lowest BCUT2D eigenvalue weighted by Crippen LogP contribution is -2.14. The standard InChI is InChI=1S/C10H14F3N3O2S/c1-6(7(17)18-3)4-5-19-9-15-14-8(16(9)2)10(11,12)13/h6H,4-5H2,1-3H3. The zero-order chi connectivity index (χ0) is 14.6. The van der Waals surface area contributed by atoms with Crippen LogP contribution in [0.1, 0.15) is 19.2 Å².